The highest BCUT2D eigenvalue weighted by Crippen LogP contribution is 2.22. The first-order chi connectivity index (χ1) is 11.6. The number of nitrogens with zero attached hydrogens (tertiary/aromatic N) is 1. The summed E-state index contributed by atoms with van der Waals surface area (Å²) in [5, 5.41) is 14.6. The van der Waals surface area contributed by atoms with Crippen LogP contribution in [0.1, 0.15) is 41.7 Å². The van der Waals surface area contributed by atoms with E-state index in [1.807, 2.05) is 19.1 Å². The summed E-state index contributed by atoms with van der Waals surface area (Å²) in [6.07, 6.45) is 4.87. The molecule has 1 aliphatic carbocycles. The van der Waals surface area contributed by atoms with E-state index in [0.29, 0.717) is 11.1 Å². The van der Waals surface area contributed by atoms with Gasteiger partial charge in [0.05, 0.1) is 11.1 Å². The third kappa shape index (κ3) is 3.41. The van der Waals surface area contributed by atoms with Crippen LogP contribution in [0, 0.1) is 6.92 Å². The number of rotatable bonds is 4. The molecule has 7 heteroatoms. The molecule has 0 bridgehead atoms. The molecule has 2 amide bonds. The maximum absolute atomic E-state index is 12.6. The molecular formula is C17H22N4O3. The number of aliphatic hydroxyl groups is 1. The number of aliphatic hydroxyl groups excluding tert-OH is 1. The predicted molar refractivity (Wildman–Crippen MR) is 89.6 cm³/mol. The lowest BCUT2D eigenvalue weighted by Crippen LogP contribution is -2.44. The Bertz CT molecular complexity index is 747. The van der Waals surface area contributed by atoms with Crippen LogP contribution in [0.3, 0.4) is 0 Å². The minimum atomic E-state index is -0.483. The Morgan fingerprint density at radius 3 is 2.58 bits per heavy atom. The Morgan fingerprint density at radius 1 is 1.25 bits per heavy atom. The first-order valence-electron chi connectivity index (χ1n) is 8.23. The lowest BCUT2D eigenvalue weighted by molar-refractivity contribution is -0.124. The number of hydrogen-bond donors (Lipinski definition) is 4. The fraction of sp³-hybridized carbons (Fsp3) is 0.471. The van der Waals surface area contributed by atoms with Gasteiger partial charge in [-0.15, -0.1) is 0 Å². The number of aryl methyl sites for hydroxylation is 1. The number of carbonyl (C=O) groups excluding carboxylic acids is 2. The molecule has 2 aromatic rings. The van der Waals surface area contributed by atoms with Gasteiger partial charge in [0.1, 0.15) is 12.1 Å². The SMILES string of the molecule is Cc1[nH]c2cccnc2c1C(=O)NC1CCC(NC(=O)CO)CC1. The number of pyridine rings is 1. The third-order valence-electron chi connectivity index (χ3n) is 4.54. The Labute approximate surface area is 139 Å². The van der Waals surface area contributed by atoms with E-state index in [9.17, 15) is 9.59 Å². The summed E-state index contributed by atoms with van der Waals surface area (Å²) < 4.78 is 0. The quantitative estimate of drug-likeness (QED) is 0.671. The molecule has 2 heterocycles. The number of carbonyl (C=O) groups is 2. The van der Waals surface area contributed by atoms with Crippen molar-refractivity contribution in [3.63, 3.8) is 0 Å². The first kappa shape index (κ1) is 16.4. The molecule has 128 valence electrons. The molecule has 0 atom stereocenters. The maximum Gasteiger partial charge on any atom is 0.255 e. The van der Waals surface area contributed by atoms with Crippen LogP contribution in [0.5, 0.6) is 0 Å². The van der Waals surface area contributed by atoms with E-state index in [2.05, 4.69) is 20.6 Å². The summed E-state index contributed by atoms with van der Waals surface area (Å²) in [7, 11) is 0. The van der Waals surface area contributed by atoms with Crippen LogP contribution in [-0.4, -0.2) is 45.6 Å². The van der Waals surface area contributed by atoms with E-state index in [1.54, 1.807) is 6.20 Å². The molecule has 3 rings (SSSR count). The van der Waals surface area contributed by atoms with Crippen LogP contribution in [-0.2, 0) is 4.79 Å². The molecule has 0 radical (unpaired) electrons. The van der Waals surface area contributed by atoms with Gasteiger partial charge in [-0.1, -0.05) is 0 Å². The Hall–Kier alpha value is -2.41. The van der Waals surface area contributed by atoms with Crippen molar-refractivity contribution in [3.05, 3.63) is 29.6 Å². The van der Waals surface area contributed by atoms with Crippen molar-refractivity contribution >= 4 is 22.8 Å². The highest BCUT2D eigenvalue weighted by molar-refractivity contribution is 6.06. The average Bonchev–Trinajstić information content (AvgIpc) is 2.92. The van der Waals surface area contributed by atoms with Crippen LogP contribution >= 0.6 is 0 Å². The van der Waals surface area contributed by atoms with Gasteiger partial charge in [0, 0.05) is 24.0 Å². The van der Waals surface area contributed by atoms with Crippen LogP contribution < -0.4 is 10.6 Å². The number of aromatic nitrogens is 2. The number of amides is 2. The third-order valence-corrected chi connectivity index (χ3v) is 4.54. The predicted octanol–water partition coefficient (Wildman–Crippen LogP) is 1.02. The molecule has 0 aliphatic heterocycles. The van der Waals surface area contributed by atoms with Crippen LogP contribution in [0.4, 0.5) is 0 Å². The minimum absolute atomic E-state index is 0.0780. The van der Waals surface area contributed by atoms with Crippen LogP contribution in [0.15, 0.2) is 18.3 Å². The second kappa shape index (κ2) is 7.00. The van der Waals surface area contributed by atoms with Gasteiger partial charge in [-0.3, -0.25) is 14.6 Å². The molecule has 0 spiro atoms. The molecule has 24 heavy (non-hydrogen) atoms. The maximum atomic E-state index is 12.6. The number of aromatic amines is 1. The number of nitrogens with one attached hydrogen (secondary N) is 3. The van der Waals surface area contributed by atoms with Crippen molar-refractivity contribution in [2.24, 2.45) is 0 Å². The Balaban J connectivity index is 1.62. The summed E-state index contributed by atoms with van der Waals surface area (Å²) in [6, 6.07) is 3.91. The Kier molecular flexibility index (Phi) is 4.80. The van der Waals surface area contributed by atoms with Gasteiger partial charge in [-0.05, 0) is 44.7 Å². The number of hydrogen-bond acceptors (Lipinski definition) is 4. The smallest absolute Gasteiger partial charge is 0.255 e. The molecule has 1 aliphatic rings. The lowest BCUT2D eigenvalue weighted by atomic mass is 9.91. The summed E-state index contributed by atoms with van der Waals surface area (Å²) in [5.74, 6) is -0.455. The van der Waals surface area contributed by atoms with Gasteiger partial charge in [0.2, 0.25) is 5.91 Å². The largest absolute Gasteiger partial charge is 0.387 e. The molecule has 2 aromatic heterocycles. The summed E-state index contributed by atoms with van der Waals surface area (Å²) in [6.45, 7) is 1.39. The van der Waals surface area contributed by atoms with E-state index >= 15 is 0 Å². The van der Waals surface area contributed by atoms with Gasteiger partial charge in [-0.2, -0.15) is 0 Å². The monoisotopic (exact) mass is 330 g/mol. The standard InChI is InChI=1S/C17H22N4O3/c1-10-15(16-13(19-10)3-2-8-18-16)17(24)21-12-6-4-11(5-7-12)20-14(23)9-22/h2-3,8,11-12,19,22H,4-7,9H2,1H3,(H,20,23)(H,21,24). The molecule has 0 saturated heterocycles. The van der Waals surface area contributed by atoms with Crippen molar-refractivity contribution in [2.75, 3.05) is 6.61 Å². The van der Waals surface area contributed by atoms with E-state index < -0.39 is 6.61 Å². The first-order valence-corrected chi connectivity index (χ1v) is 8.23. The zero-order valence-corrected chi connectivity index (χ0v) is 13.6. The molecule has 0 aromatic carbocycles. The van der Waals surface area contributed by atoms with Crippen molar-refractivity contribution in [2.45, 2.75) is 44.7 Å². The van der Waals surface area contributed by atoms with Gasteiger partial charge in [0.15, 0.2) is 0 Å². The topological polar surface area (TPSA) is 107 Å². The van der Waals surface area contributed by atoms with Gasteiger partial charge in [-0.25, -0.2) is 0 Å². The van der Waals surface area contributed by atoms with Crippen molar-refractivity contribution in [3.8, 4) is 0 Å². The minimum Gasteiger partial charge on any atom is -0.387 e. The van der Waals surface area contributed by atoms with E-state index in [-0.39, 0.29) is 23.9 Å². The normalized spacial score (nSPS) is 20.8. The van der Waals surface area contributed by atoms with Crippen LogP contribution in [0.25, 0.3) is 11.0 Å². The second-order valence-corrected chi connectivity index (χ2v) is 6.27. The molecule has 1 saturated carbocycles. The molecule has 1 fully saturated rings. The molecule has 0 unspecified atom stereocenters. The van der Waals surface area contributed by atoms with Crippen molar-refractivity contribution < 1.29 is 14.7 Å². The second-order valence-electron chi connectivity index (χ2n) is 6.27. The van der Waals surface area contributed by atoms with E-state index in [4.69, 9.17) is 5.11 Å². The zero-order chi connectivity index (χ0) is 17.1. The van der Waals surface area contributed by atoms with Gasteiger partial charge >= 0.3 is 0 Å². The summed E-state index contributed by atoms with van der Waals surface area (Å²) >= 11 is 0. The molecule has 7 nitrogen and oxygen atoms in total. The average molecular weight is 330 g/mol. The highest BCUT2D eigenvalue weighted by atomic mass is 16.3. The number of H-pyrrole nitrogens is 1. The van der Waals surface area contributed by atoms with E-state index in [0.717, 1.165) is 36.9 Å². The van der Waals surface area contributed by atoms with Crippen molar-refractivity contribution in [1.29, 1.82) is 0 Å². The zero-order valence-electron chi connectivity index (χ0n) is 13.6. The van der Waals surface area contributed by atoms with Gasteiger partial charge in [0.25, 0.3) is 5.91 Å². The fourth-order valence-electron chi connectivity index (χ4n) is 3.34. The van der Waals surface area contributed by atoms with Gasteiger partial charge < -0.3 is 20.7 Å². The van der Waals surface area contributed by atoms with Crippen molar-refractivity contribution in [1.82, 2.24) is 20.6 Å². The number of fused-ring (bicyclic) bond motifs is 1. The Morgan fingerprint density at radius 2 is 1.92 bits per heavy atom. The van der Waals surface area contributed by atoms with Crippen LogP contribution in [0.2, 0.25) is 0 Å². The highest BCUT2D eigenvalue weighted by Gasteiger charge is 2.25. The fourth-order valence-corrected chi connectivity index (χ4v) is 3.34. The summed E-state index contributed by atoms with van der Waals surface area (Å²) in [5.41, 5.74) is 2.96. The van der Waals surface area contributed by atoms with E-state index in [1.165, 1.54) is 0 Å². The summed E-state index contributed by atoms with van der Waals surface area (Å²) in [4.78, 5) is 31.3. The molecule has 4 N–H and O–H groups in total. The lowest BCUT2D eigenvalue weighted by Gasteiger charge is -2.29. The molecular weight excluding hydrogens is 308 g/mol.